The lowest BCUT2D eigenvalue weighted by atomic mass is 10.0. The zero-order chi connectivity index (χ0) is 17.3. The summed E-state index contributed by atoms with van der Waals surface area (Å²) in [6, 6.07) is 6.51. The molecule has 0 spiro atoms. The summed E-state index contributed by atoms with van der Waals surface area (Å²) in [5.41, 5.74) is 0.0751. The van der Waals surface area contributed by atoms with E-state index in [0.717, 1.165) is 18.2 Å². The Bertz CT molecular complexity index is 750. The highest BCUT2D eigenvalue weighted by atomic mass is 35.5. The van der Waals surface area contributed by atoms with Crippen molar-refractivity contribution in [2.45, 2.75) is 12.5 Å². The molecule has 0 saturated carbocycles. The molecule has 1 aliphatic rings. The van der Waals surface area contributed by atoms with Crippen LogP contribution in [0.25, 0.3) is 11.1 Å². The van der Waals surface area contributed by atoms with Crippen LogP contribution in [0.2, 0.25) is 0 Å². The Labute approximate surface area is 146 Å². The average Bonchev–Trinajstić information content (AvgIpc) is 2.42. The summed E-state index contributed by atoms with van der Waals surface area (Å²) in [5, 5.41) is 2.93. The molecular weight excluding hydrogens is 369 g/mol. The predicted molar refractivity (Wildman–Crippen MR) is 83.0 cm³/mol. The van der Waals surface area contributed by atoms with Crippen molar-refractivity contribution in [3.05, 3.63) is 48.0 Å². The van der Waals surface area contributed by atoms with Gasteiger partial charge in [-0.3, -0.25) is 0 Å². The van der Waals surface area contributed by atoms with Gasteiger partial charge in [-0.15, -0.1) is 25.6 Å². The van der Waals surface area contributed by atoms with E-state index in [-0.39, 0.29) is 35.4 Å². The lowest BCUT2D eigenvalue weighted by Gasteiger charge is -2.28. The van der Waals surface area contributed by atoms with Gasteiger partial charge in [0.2, 0.25) is 0 Å². The van der Waals surface area contributed by atoms with E-state index in [2.05, 4.69) is 10.1 Å². The summed E-state index contributed by atoms with van der Waals surface area (Å²) in [4.78, 5) is 0. The minimum absolute atomic E-state index is 0. The molecule has 0 aromatic heterocycles. The molecule has 0 atom stereocenters. The SMILES string of the molecule is Cl.Fc1ccc(-c2ccc(OC3CNC3)c(OC(F)(F)F)c2)c(F)c1. The second-order valence-corrected chi connectivity index (χ2v) is 5.23. The number of benzene rings is 2. The van der Waals surface area contributed by atoms with Gasteiger partial charge in [-0.1, -0.05) is 6.07 Å². The Morgan fingerprint density at radius 3 is 2.24 bits per heavy atom. The summed E-state index contributed by atoms with van der Waals surface area (Å²) in [7, 11) is 0. The first-order chi connectivity index (χ1) is 11.3. The van der Waals surface area contributed by atoms with Gasteiger partial charge in [-0.25, -0.2) is 8.78 Å². The van der Waals surface area contributed by atoms with E-state index in [0.29, 0.717) is 19.2 Å². The molecule has 1 aliphatic heterocycles. The van der Waals surface area contributed by atoms with Gasteiger partial charge in [-0.2, -0.15) is 0 Å². The number of hydrogen-bond donors (Lipinski definition) is 1. The molecule has 3 nitrogen and oxygen atoms in total. The molecule has 0 aliphatic carbocycles. The Kier molecular flexibility index (Phi) is 5.74. The van der Waals surface area contributed by atoms with Gasteiger partial charge in [0, 0.05) is 24.7 Å². The first-order valence-corrected chi connectivity index (χ1v) is 7.04. The lowest BCUT2D eigenvalue weighted by Crippen LogP contribution is -2.50. The van der Waals surface area contributed by atoms with Gasteiger partial charge in [0.25, 0.3) is 0 Å². The van der Waals surface area contributed by atoms with Crippen molar-refractivity contribution < 1.29 is 31.4 Å². The van der Waals surface area contributed by atoms with E-state index >= 15 is 0 Å². The molecule has 2 aromatic carbocycles. The number of hydrogen-bond acceptors (Lipinski definition) is 3. The van der Waals surface area contributed by atoms with Gasteiger partial charge in [-0.05, 0) is 29.8 Å². The molecule has 3 rings (SSSR count). The van der Waals surface area contributed by atoms with Crippen LogP contribution in [0, 0.1) is 11.6 Å². The molecular formula is C16H13ClF5NO2. The fraction of sp³-hybridized carbons (Fsp3) is 0.250. The van der Waals surface area contributed by atoms with Gasteiger partial charge < -0.3 is 14.8 Å². The predicted octanol–water partition coefficient (Wildman–Crippen LogP) is 4.30. The van der Waals surface area contributed by atoms with Crippen molar-refractivity contribution in [2.24, 2.45) is 0 Å². The molecule has 0 amide bonds. The van der Waals surface area contributed by atoms with Crippen LogP contribution in [0.3, 0.4) is 0 Å². The van der Waals surface area contributed by atoms with E-state index in [4.69, 9.17) is 4.74 Å². The van der Waals surface area contributed by atoms with E-state index in [1.807, 2.05) is 0 Å². The number of ether oxygens (including phenoxy) is 2. The summed E-state index contributed by atoms with van der Waals surface area (Å²) in [5.74, 6) is -2.33. The fourth-order valence-electron chi connectivity index (χ4n) is 2.23. The number of alkyl halides is 3. The maximum atomic E-state index is 13.8. The molecule has 1 saturated heterocycles. The van der Waals surface area contributed by atoms with Crippen molar-refractivity contribution >= 4 is 12.4 Å². The third-order valence-corrected chi connectivity index (χ3v) is 3.45. The summed E-state index contributed by atoms with van der Waals surface area (Å²) >= 11 is 0. The Morgan fingerprint density at radius 2 is 1.68 bits per heavy atom. The number of rotatable bonds is 4. The smallest absolute Gasteiger partial charge is 0.484 e. The standard InChI is InChI=1S/C16H12F5NO2.ClH/c17-10-2-3-12(13(18)6-10)9-1-4-14(23-11-7-22-8-11)15(5-9)24-16(19,20)21;/h1-6,11,22H,7-8H2;1H. The molecule has 136 valence electrons. The Morgan fingerprint density at radius 1 is 0.960 bits per heavy atom. The first kappa shape index (κ1) is 19.3. The maximum Gasteiger partial charge on any atom is 0.573 e. The quantitative estimate of drug-likeness (QED) is 0.801. The summed E-state index contributed by atoms with van der Waals surface area (Å²) in [6.45, 7) is 1.03. The third kappa shape index (κ3) is 4.73. The Hall–Kier alpha value is -2.06. The summed E-state index contributed by atoms with van der Waals surface area (Å²) < 4.78 is 74.1. The molecule has 1 heterocycles. The van der Waals surface area contributed by atoms with Gasteiger partial charge in [0.15, 0.2) is 11.5 Å². The molecule has 1 fully saturated rings. The number of nitrogens with one attached hydrogen (secondary N) is 1. The topological polar surface area (TPSA) is 30.5 Å². The maximum absolute atomic E-state index is 13.8. The molecule has 0 bridgehead atoms. The van der Waals surface area contributed by atoms with Crippen LogP contribution in [-0.4, -0.2) is 25.6 Å². The molecule has 2 aromatic rings. The molecule has 9 heteroatoms. The second-order valence-electron chi connectivity index (χ2n) is 5.23. The molecule has 0 unspecified atom stereocenters. The average molecular weight is 382 g/mol. The van der Waals surface area contributed by atoms with E-state index in [1.54, 1.807) is 0 Å². The largest absolute Gasteiger partial charge is 0.573 e. The van der Waals surface area contributed by atoms with E-state index in [1.165, 1.54) is 12.1 Å². The highest BCUT2D eigenvalue weighted by molar-refractivity contribution is 5.85. The van der Waals surface area contributed by atoms with Crippen LogP contribution >= 0.6 is 12.4 Å². The monoisotopic (exact) mass is 381 g/mol. The van der Waals surface area contributed by atoms with Crippen LogP contribution in [-0.2, 0) is 0 Å². The zero-order valence-corrected chi connectivity index (χ0v) is 13.4. The van der Waals surface area contributed by atoms with Crippen molar-refractivity contribution in [3.63, 3.8) is 0 Å². The van der Waals surface area contributed by atoms with Gasteiger partial charge in [0.05, 0.1) is 0 Å². The third-order valence-electron chi connectivity index (χ3n) is 3.45. The summed E-state index contributed by atoms with van der Waals surface area (Å²) in [6.07, 6.45) is -5.18. The van der Waals surface area contributed by atoms with Crippen LogP contribution in [0.5, 0.6) is 11.5 Å². The molecule has 0 radical (unpaired) electrons. The highest BCUT2D eigenvalue weighted by Gasteiger charge is 2.33. The van der Waals surface area contributed by atoms with Crippen molar-refractivity contribution in [1.82, 2.24) is 5.32 Å². The van der Waals surface area contributed by atoms with E-state index < -0.39 is 23.7 Å². The first-order valence-electron chi connectivity index (χ1n) is 7.04. The zero-order valence-electron chi connectivity index (χ0n) is 12.6. The molecule has 25 heavy (non-hydrogen) atoms. The van der Waals surface area contributed by atoms with Gasteiger partial charge in [0.1, 0.15) is 17.7 Å². The lowest BCUT2D eigenvalue weighted by molar-refractivity contribution is -0.275. The highest BCUT2D eigenvalue weighted by Crippen LogP contribution is 2.37. The molecule has 1 N–H and O–H groups in total. The van der Waals surface area contributed by atoms with Crippen molar-refractivity contribution in [3.8, 4) is 22.6 Å². The minimum Gasteiger partial charge on any atom is -0.484 e. The van der Waals surface area contributed by atoms with Gasteiger partial charge >= 0.3 is 6.36 Å². The Balaban J connectivity index is 0.00000225. The van der Waals surface area contributed by atoms with Crippen LogP contribution in [0.1, 0.15) is 0 Å². The van der Waals surface area contributed by atoms with Crippen LogP contribution in [0.4, 0.5) is 22.0 Å². The van der Waals surface area contributed by atoms with Crippen molar-refractivity contribution in [1.29, 1.82) is 0 Å². The second kappa shape index (κ2) is 7.45. The van der Waals surface area contributed by atoms with Crippen LogP contribution in [0.15, 0.2) is 36.4 Å². The van der Waals surface area contributed by atoms with E-state index in [9.17, 15) is 22.0 Å². The fourth-order valence-corrected chi connectivity index (χ4v) is 2.23. The minimum atomic E-state index is -4.92. The normalized spacial score (nSPS) is 14.4. The van der Waals surface area contributed by atoms with Crippen LogP contribution < -0.4 is 14.8 Å². The van der Waals surface area contributed by atoms with Crippen molar-refractivity contribution in [2.75, 3.05) is 13.1 Å². The number of halogens is 6.